The summed E-state index contributed by atoms with van der Waals surface area (Å²) in [4.78, 5) is 4.52. The summed E-state index contributed by atoms with van der Waals surface area (Å²) in [6.07, 6.45) is 4.90. The van der Waals surface area contributed by atoms with Crippen LogP contribution in [0.3, 0.4) is 0 Å². The van der Waals surface area contributed by atoms with Crippen LogP contribution in [0.5, 0.6) is 0 Å². The Morgan fingerprint density at radius 1 is 1.35 bits per heavy atom. The summed E-state index contributed by atoms with van der Waals surface area (Å²) in [5, 5.41) is 3.22. The summed E-state index contributed by atoms with van der Waals surface area (Å²) in [5.74, 6) is 6.51. The zero-order valence-corrected chi connectivity index (χ0v) is 12.6. The van der Waals surface area contributed by atoms with Crippen molar-refractivity contribution in [2.45, 2.75) is 44.6 Å². The molecule has 0 saturated heterocycles. The highest BCUT2D eigenvalue weighted by Crippen LogP contribution is 2.36. The lowest BCUT2D eigenvalue weighted by Gasteiger charge is -2.26. The molecule has 1 unspecified atom stereocenters. The maximum atomic E-state index is 5.72. The van der Waals surface area contributed by atoms with Gasteiger partial charge < -0.3 is 0 Å². The van der Waals surface area contributed by atoms with E-state index in [0.717, 1.165) is 23.0 Å². The van der Waals surface area contributed by atoms with E-state index in [-0.39, 0.29) is 6.04 Å². The number of aryl methyl sites for hydroxylation is 1. The number of hydrazine groups is 1. The molecule has 20 heavy (non-hydrogen) atoms. The number of rotatable bonds is 5. The number of nitrogens with one attached hydrogen (secondary N) is 1. The molecule has 1 aromatic heterocycles. The summed E-state index contributed by atoms with van der Waals surface area (Å²) in [6, 6.07) is 9.06. The van der Waals surface area contributed by atoms with Gasteiger partial charge in [-0.25, -0.2) is 4.98 Å². The van der Waals surface area contributed by atoms with E-state index in [9.17, 15) is 0 Å². The van der Waals surface area contributed by atoms with E-state index < -0.39 is 0 Å². The Kier molecular flexibility index (Phi) is 4.15. The second-order valence-corrected chi connectivity index (χ2v) is 6.64. The van der Waals surface area contributed by atoms with Gasteiger partial charge in [0.25, 0.3) is 0 Å². The quantitative estimate of drug-likeness (QED) is 0.654. The van der Waals surface area contributed by atoms with Crippen LogP contribution < -0.4 is 11.3 Å². The van der Waals surface area contributed by atoms with Crippen molar-refractivity contribution in [1.82, 2.24) is 10.4 Å². The maximum Gasteiger partial charge on any atom is 0.0897 e. The number of benzene rings is 1. The normalized spacial score (nSPS) is 16.9. The fraction of sp³-hybridized carbons (Fsp3) is 0.438. The predicted molar refractivity (Wildman–Crippen MR) is 83.7 cm³/mol. The molecule has 1 aliphatic carbocycles. The lowest BCUT2D eigenvalue weighted by Crippen LogP contribution is -2.29. The lowest BCUT2D eigenvalue weighted by molar-refractivity contribution is 0.419. The summed E-state index contributed by atoms with van der Waals surface area (Å²) < 4.78 is 0. The third-order valence-electron chi connectivity index (χ3n) is 4.20. The summed E-state index contributed by atoms with van der Waals surface area (Å²) in [6.45, 7) is 2.03. The number of nitrogens with two attached hydrogens (primary N) is 1. The Labute approximate surface area is 124 Å². The first-order chi connectivity index (χ1) is 9.76. The van der Waals surface area contributed by atoms with E-state index in [2.05, 4.69) is 40.1 Å². The molecule has 0 amide bonds. The van der Waals surface area contributed by atoms with Gasteiger partial charge in [-0.2, -0.15) is 0 Å². The SMILES string of the molecule is Cc1nc(CC(NN)c2ccc(C3CCC3)cc2)cs1. The third-order valence-corrected chi connectivity index (χ3v) is 5.02. The van der Waals surface area contributed by atoms with Crippen molar-refractivity contribution in [2.75, 3.05) is 0 Å². The summed E-state index contributed by atoms with van der Waals surface area (Å²) in [5.41, 5.74) is 6.74. The van der Waals surface area contributed by atoms with E-state index in [0.29, 0.717) is 0 Å². The molecule has 1 aliphatic rings. The van der Waals surface area contributed by atoms with E-state index in [1.807, 2.05) is 6.92 Å². The predicted octanol–water partition coefficient (Wildman–Crippen LogP) is 3.47. The lowest BCUT2D eigenvalue weighted by atomic mass is 9.80. The van der Waals surface area contributed by atoms with Gasteiger partial charge in [-0.1, -0.05) is 30.7 Å². The molecule has 3 rings (SSSR count). The Morgan fingerprint density at radius 2 is 2.10 bits per heavy atom. The van der Waals surface area contributed by atoms with Crippen molar-refractivity contribution < 1.29 is 0 Å². The van der Waals surface area contributed by atoms with Crippen LogP contribution in [0.4, 0.5) is 0 Å². The van der Waals surface area contributed by atoms with Crippen LogP contribution in [0.1, 0.15) is 53.1 Å². The molecule has 3 N–H and O–H groups in total. The number of hydrogen-bond donors (Lipinski definition) is 2. The minimum absolute atomic E-state index is 0.131. The fourth-order valence-electron chi connectivity index (χ4n) is 2.73. The molecular formula is C16H21N3S. The molecule has 0 aliphatic heterocycles. The highest BCUT2D eigenvalue weighted by atomic mass is 32.1. The van der Waals surface area contributed by atoms with Gasteiger partial charge in [0.2, 0.25) is 0 Å². The van der Waals surface area contributed by atoms with Crippen molar-refractivity contribution in [3.63, 3.8) is 0 Å². The summed E-state index contributed by atoms with van der Waals surface area (Å²) in [7, 11) is 0. The number of nitrogens with zero attached hydrogens (tertiary/aromatic N) is 1. The van der Waals surface area contributed by atoms with Gasteiger partial charge >= 0.3 is 0 Å². The Morgan fingerprint density at radius 3 is 2.60 bits per heavy atom. The molecule has 1 heterocycles. The molecule has 106 valence electrons. The van der Waals surface area contributed by atoms with Gasteiger partial charge in [-0.05, 0) is 36.8 Å². The Hall–Kier alpha value is -1.23. The fourth-order valence-corrected chi connectivity index (χ4v) is 3.35. The minimum Gasteiger partial charge on any atom is -0.271 e. The molecule has 4 heteroatoms. The molecule has 0 bridgehead atoms. The van der Waals surface area contributed by atoms with Gasteiger partial charge in [0, 0.05) is 11.8 Å². The van der Waals surface area contributed by atoms with Gasteiger partial charge in [-0.3, -0.25) is 11.3 Å². The van der Waals surface area contributed by atoms with Gasteiger partial charge in [0.05, 0.1) is 16.7 Å². The van der Waals surface area contributed by atoms with Gasteiger partial charge in [-0.15, -0.1) is 11.3 Å². The highest BCUT2D eigenvalue weighted by Gasteiger charge is 2.20. The second kappa shape index (κ2) is 6.04. The molecule has 1 fully saturated rings. The Bertz CT molecular complexity index is 557. The first kappa shape index (κ1) is 13.7. The van der Waals surface area contributed by atoms with Crippen molar-refractivity contribution >= 4 is 11.3 Å². The molecule has 3 nitrogen and oxygen atoms in total. The number of aromatic nitrogens is 1. The average Bonchev–Trinajstić information content (AvgIpc) is 2.81. The van der Waals surface area contributed by atoms with E-state index in [1.165, 1.54) is 30.4 Å². The van der Waals surface area contributed by atoms with Crippen molar-refractivity contribution in [3.05, 3.63) is 51.5 Å². The monoisotopic (exact) mass is 287 g/mol. The average molecular weight is 287 g/mol. The zero-order valence-electron chi connectivity index (χ0n) is 11.8. The summed E-state index contributed by atoms with van der Waals surface area (Å²) >= 11 is 1.69. The van der Waals surface area contributed by atoms with Crippen LogP contribution in [0.25, 0.3) is 0 Å². The standard InChI is InChI=1S/C16H21N3S/c1-11-18-15(10-20-11)9-16(19-17)14-7-5-13(6-8-14)12-3-2-4-12/h5-8,10,12,16,19H,2-4,9,17H2,1H3. The molecule has 1 aromatic carbocycles. The van der Waals surface area contributed by atoms with Crippen LogP contribution in [-0.4, -0.2) is 4.98 Å². The minimum atomic E-state index is 0.131. The topological polar surface area (TPSA) is 50.9 Å². The van der Waals surface area contributed by atoms with Gasteiger partial charge in [0.1, 0.15) is 0 Å². The largest absolute Gasteiger partial charge is 0.271 e. The molecule has 1 saturated carbocycles. The Balaban J connectivity index is 1.71. The first-order valence-corrected chi connectivity index (χ1v) is 8.11. The van der Waals surface area contributed by atoms with Crippen molar-refractivity contribution in [1.29, 1.82) is 0 Å². The van der Waals surface area contributed by atoms with Crippen LogP contribution in [0.15, 0.2) is 29.6 Å². The number of thiazole rings is 1. The van der Waals surface area contributed by atoms with Crippen molar-refractivity contribution in [3.8, 4) is 0 Å². The second-order valence-electron chi connectivity index (χ2n) is 5.58. The van der Waals surface area contributed by atoms with Gasteiger partial charge in [0.15, 0.2) is 0 Å². The maximum absolute atomic E-state index is 5.72. The van der Waals surface area contributed by atoms with Crippen molar-refractivity contribution in [2.24, 2.45) is 5.84 Å². The molecule has 2 aromatic rings. The van der Waals surface area contributed by atoms with Crippen LogP contribution in [0.2, 0.25) is 0 Å². The molecule has 1 atom stereocenters. The first-order valence-electron chi connectivity index (χ1n) is 7.23. The van der Waals surface area contributed by atoms with E-state index >= 15 is 0 Å². The smallest absolute Gasteiger partial charge is 0.0897 e. The van der Waals surface area contributed by atoms with E-state index in [1.54, 1.807) is 11.3 Å². The van der Waals surface area contributed by atoms with Crippen LogP contribution in [0, 0.1) is 6.92 Å². The zero-order chi connectivity index (χ0) is 13.9. The number of hydrogen-bond acceptors (Lipinski definition) is 4. The van der Waals surface area contributed by atoms with Crippen LogP contribution >= 0.6 is 11.3 Å². The molecule has 0 spiro atoms. The van der Waals surface area contributed by atoms with E-state index in [4.69, 9.17) is 5.84 Å². The highest BCUT2D eigenvalue weighted by molar-refractivity contribution is 7.09. The molecule has 0 radical (unpaired) electrons. The van der Waals surface area contributed by atoms with Crippen LogP contribution in [-0.2, 0) is 6.42 Å². The third kappa shape index (κ3) is 2.92. The molecular weight excluding hydrogens is 266 g/mol.